The number of hydrogen-bond acceptors (Lipinski definition) is 2. The van der Waals surface area contributed by atoms with Gasteiger partial charge >= 0.3 is 0 Å². The third-order valence-corrected chi connectivity index (χ3v) is 3.72. The van der Waals surface area contributed by atoms with Crippen molar-refractivity contribution >= 4 is 28.7 Å². The van der Waals surface area contributed by atoms with Crippen molar-refractivity contribution in [3.05, 3.63) is 21.3 Å². The van der Waals surface area contributed by atoms with Gasteiger partial charge in [-0.3, -0.25) is 4.79 Å². The Kier molecular flexibility index (Phi) is 4.14. The van der Waals surface area contributed by atoms with E-state index in [0.29, 0.717) is 18.1 Å². The monoisotopic (exact) mass is 230 g/mol. The first-order chi connectivity index (χ1) is 6.50. The highest BCUT2D eigenvalue weighted by Crippen LogP contribution is 2.23. The van der Waals surface area contributed by atoms with Crippen molar-refractivity contribution in [2.75, 3.05) is 0 Å². The molecule has 0 aromatic carbocycles. The molecule has 1 atom stereocenters. The van der Waals surface area contributed by atoms with Crippen molar-refractivity contribution in [1.82, 2.24) is 0 Å². The van der Waals surface area contributed by atoms with Crippen LogP contribution in [0.4, 0.5) is 0 Å². The molecule has 0 spiro atoms. The second-order valence-electron chi connectivity index (χ2n) is 3.88. The van der Waals surface area contributed by atoms with Crippen LogP contribution in [0.2, 0.25) is 4.34 Å². The molecule has 1 rings (SSSR count). The molecule has 0 aliphatic heterocycles. The van der Waals surface area contributed by atoms with Crippen molar-refractivity contribution in [1.29, 1.82) is 0 Å². The maximum atomic E-state index is 11.7. The summed E-state index contributed by atoms with van der Waals surface area (Å²) in [7, 11) is 0. The second kappa shape index (κ2) is 4.94. The van der Waals surface area contributed by atoms with E-state index in [1.807, 2.05) is 19.1 Å². The van der Waals surface area contributed by atoms with Crippen LogP contribution in [-0.2, 0) is 11.2 Å². The molecule has 0 N–H and O–H groups in total. The van der Waals surface area contributed by atoms with Gasteiger partial charge in [0.2, 0.25) is 0 Å². The van der Waals surface area contributed by atoms with Gasteiger partial charge in [-0.2, -0.15) is 0 Å². The number of ketones is 1. The number of Topliss-reactive ketones (excluding diaryl/α,β-unsaturated/α-hetero) is 1. The zero-order valence-corrected chi connectivity index (χ0v) is 10.3. The molecular weight excluding hydrogens is 216 g/mol. The van der Waals surface area contributed by atoms with Gasteiger partial charge in [0.05, 0.1) is 4.34 Å². The van der Waals surface area contributed by atoms with Crippen molar-refractivity contribution in [3.63, 3.8) is 0 Å². The van der Waals surface area contributed by atoms with Crippen LogP contribution in [0.5, 0.6) is 0 Å². The summed E-state index contributed by atoms with van der Waals surface area (Å²) in [5.41, 5.74) is 0. The van der Waals surface area contributed by atoms with Crippen LogP contribution in [0.3, 0.4) is 0 Å². The van der Waals surface area contributed by atoms with Crippen LogP contribution in [0, 0.1) is 11.8 Å². The van der Waals surface area contributed by atoms with Crippen LogP contribution < -0.4 is 0 Å². The third kappa shape index (κ3) is 3.10. The normalized spacial score (nSPS) is 13.2. The minimum atomic E-state index is 0.135. The van der Waals surface area contributed by atoms with E-state index in [-0.39, 0.29) is 5.92 Å². The van der Waals surface area contributed by atoms with Gasteiger partial charge in [-0.25, -0.2) is 0 Å². The highest BCUT2D eigenvalue weighted by Gasteiger charge is 2.17. The Morgan fingerprint density at radius 2 is 2.07 bits per heavy atom. The topological polar surface area (TPSA) is 17.1 Å². The summed E-state index contributed by atoms with van der Waals surface area (Å²) < 4.78 is 0.755. The van der Waals surface area contributed by atoms with E-state index in [1.165, 1.54) is 11.3 Å². The van der Waals surface area contributed by atoms with E-state index in [2.05, 4.69) is 13.8 Å². The number of carbonyl (C=O) groups is 1. The highest BCUT2D eigenvalue weighted by molar-refractivity contribution is 7.16. The van der Waals surface area contributed by atoms with Crippen LogP contribution in [0.25, 0.3) is 0 Å². The maximum absolute atomic E-state index is 11.7. The Morgan fingerprint density at radius 3 is 2.50 bits per heavy atom. The lowest BCUT2D eigenvalue weighted by atomic mass is 9.92. The molecule has 78 valence electrons. The molecule has 1 heterocycles. The van der Waals surface area contributed by atoms with Crippen molar-refractivity contribution in [2.24, 2.45) is 11.8 Å². The zero-order chi connectivity index (χ0) is 10.7. The third-order valence-electron chi connectivity index (χ3n) is 2.49. The minimum absolute atomic E-state index is 0.135. The molecule has 0 radical (unpaired) electrons. The van der Waals surface area contributed by atoms with Gasteiger partial charge in [0, 0.05) is 17.2 Å². The summed E-state index contributed by atoms with van der Waals surface area (Å²) in [6.45, 7) is 6.14. The first-order valence-electron chi connectivity index (χ1n) is 4.77. The van der Waals surface area contributed by atoms with Crippen molar-refractivity contribution < 1.29 is 4.79 Å². The van der Waals surface area contributed by atoms with Crippen LogP contribution in [0.15, 0.2) is 12.1 Å². The van der Waals surface area contributed by atoms with Crippen LogP contribution in [0.1, 0.15) is 25.6 Å². The van der Waals surface area contributed by atoms with Gasteiger partial charge in [0.15, 0.2) is 0 Å². The predicted molar refractivity (Wildman–Crippen MR) is 62.0 cm³/mol. The molecule has 1 aromatic heterocycles. The molecule has 1 nitrogen and oxygen atoms in total. The minimum Gasteiger partial charge on any atom is -0.299 e. The molecule has 1 aromatic rings. The predicted octanol–water partition coefficient (Wildman–Crippen LogP) is 3.81. The molecule has 0 fully saturated rings. The molecule has 14 heavy (non-hydrogen) atoms. The summed E-state index contributed by atoms with van der Waals surface area (Å²) in [5, 5.41) is 0. The Balaban J connectivity index is 2.57. The Labute approximate surface area is 94.1 Å². The molecule has 0 bridgehead atoms. The molecule has 0 aliphatic carbocycles. The fourth-order valence-corrected chi connectivity index (χ4v) is 2.25. The number of halogens is 1. The first kappa shape index (κ1) is 11.7. The van der Waals surface area contributed by atoms with Gasteiger partial charge in [-0.05, 0) is 18.1 Å². The molecule has 0 aliphatic rings. The average molecular weight is 231 g/mol. The van der Waals surface area contributed by atoms with E-state index >= 15 is 0 Å². The molecule has 0 saturated heterocycles. The summed E-state index contributed by atoms with van der Waals surface area (Å²) >= 11 is 7.28. The van der Waals surface area contributed by atoms with E-state index in [0.717, 1.165) is 9.21 Å². The molecule has 0 amide bonds. The summed E-state index contributed by atoms with van der Waals surface area (Å²) in [5.74, 6) is 0.854. The van der Waals surface area contributed by atoms with Gasteiger partial charge < -0.3 is 0 Å². The quantitative estimate of drug-likeness (QED) is 0.769. The van der Waals surface area contributed by atoms with Gasteiger partial charge in [0.1, 0.15) is 5.78 Å². The number of carbonyl (C=O) groups excluding carboxylic acids is 1. The van der Waals surface area contributed by atoms with Crippen molar-refractivity contribution in [3.8, 4) is 0 Å². The van der Waals surface area contributed by atoms with Crippen LogP contribution in [-0.4, -0.2) is 5.78 Å². The zero-order valence-electron chi connectivity index (χ0n) is 8.71. The fraction of sp³-hybridized carbons (Fsp3) is 0.545. The molecule has 0 saturated carbocycles. The lowest BCUT2D eigenvalue weighted by Crippen LogP contribution is -2.18. The molecular formula is C11H15ClOS. The fourth-order valence-electron chi connectivity index (χ4n) is 1.15. The first-order valence-corrected chi connectivity index (χ1v) is 5.97. The molecule has 3 heteroatoms. The Morgan fingerprint density at radius 1 is 1.43 bits per heavy atom. The number of thiophene rings is 1. The van der Waals surface area contributed by atoms with Crippen LogP contribution >= 0.6 is 22.9 Å². The van der Waals surface area contributed by atoms with E-state index < -0.39 is 0 Å². The standard InChI is InChI=1S/C11H15ClOS/c1-7(2)8(3)10(13)6-9-4-5-11(12)14-9/h4-5,7-8H,6H2,1-3H3. The van der Waals surface area contributed by atoms with Gasteiger partial charge in [-0.1, -0.05) is 32.4 Å². The number of hydrogen-bond donors (Lipinski definition) is 0. The summed E-state index contributed by atoms with van der Waals surface area (Å²) in [4.78, 5) is 12.8. The maximum Gasteiger partial charge on any atom is 0.141 e. The van der Waals surface area contributed by atoms with E-state index in [4.69, 9.17) is 11.6 Å². The van der Waals surface area contributed by atoms with Gasteiger partial charge in [-0.15, -0.1) is 11.3 Å². The lowest BCUT2D eigenvalue weighted by Gasteiger charge is -2.12. The Bertz CT molecular complexity index is 317. The Hall–Kier alpha value is -0.340. The van der Waals surface area contributed by atoms with Crippen molar-refractivity contribution in [2.45, 2.75) is 27.2 Å². The highest BCUT2D eigenvalue weighted by atomic mass is 35.5. The van der Waals surface area contributed by atoms with Gasteiger partial charge in [0.25, 0.3) is 0 Å². The number of rotatable bonds is 4. The second-order valence-corrected chi connectivity index (χ2v) is 5.68. The van der Waals surface area contributed by atoms with E-state index in [1.54, 1.807) is 0 Å². The largest absolute Gasteiger partial charge is 0.299 e. The molecule has 1 unspecified atom stereocenters. The summed E-state index contributed by atoms with van der Waals surface area (Å²) in [6.07, 6.45) is 0.525. The lowest BCUT2D eigenvalue weighted by molar-refractivity contribution is -0.122. The summed E-state index contributed by atoms with van der Waals surface area (Å²) in [6, 6.07) is 3.77. The average Bonchev–Trinajstić information content (AvgIpc) is 2.49. The van der Waals surface area contributed by atoms with E-state index in [9.17, 15) is 4.79 Å². The smallest absolute Gasteiger partial charge is 0.141 e. The SMILES string of the molecule is CC(C)C(C)C(=O)Cc1ccc(Cl)s1.